The first kappa shape index (κ1) is 18.3. The minimum Gasteiger partial charge on any atom is -0.392 e. The quantitative estimate of drug-likeness (QED) is 0.674. The number of aliphatic hydroxyl groups is 1. The van der Waals surface area contributed by atoms with Gasteiger partial charge in [-0.15, -0.1) is 17.9 Å². The van der Waals surface area contributed by atoms with Crippen LogP contribution in [0.25, 0.3) is 10.2 Å². The fourth-order valence-electron chi connectivity index (χ4n) is 3.58. The summed E-state index contributed by atoms with van der Waals surface area (Å²) in [6.45, 7) is 7.84. The molecule has 0 unspecified atom stereocenters. The molecule has 2 heterocycles. The average molecular weight is 362 g/mol. The maximum atomic E-state index is 12.6. The molecular formula is C19H27N3O2S. The van der Waals surface area contributed by atoms with Crippen LogP contribution in [0, 0.1) is 0 Å². The van der Waals surface area contributed by atoms with Gasteiger partial charge in [-0.3, -0.25) is 9.69 Å². The van der Waals surface area contributed by atoms with Crippen LogP contribution in [-0.4, -0.2) is 39.2 Å². The Morgan fingerprint density at radius 2 is 2.32 bits per heavy atom. The van der Waals surface area contributed by atoms with E-state index < -0.39 is 0 Å². The number of aromatic amines is 1. The first-order valence-electron chi connectivity index (χ1n) is 9.17. The smallest absolute Gasteiger partial charge is 0.259 e. The highest BCUT2D eigenvalue weighted by molar-refractivity contribution is 7.18. The third-order valence-corrected chi connectivity index (χ3v) is 5.90. The minimum absolute atomic E-state index is 0.0111. The van der Waals surface area contributed by atoms with Crippen LogP contribution in [0.5, 0.6) is 0 Å². The SMILES string of the molecule is C=CCC[C@@H](O)CN(CCC)Cc1nc2sc3c(c2c(=O)[nH]1)CCC3. The van der Waals surface area contributed by atoms with Crippen molar-refractivity contribution in [3.63, 3.8) is 0 Å². The van der Waals surface area contributed by atoms with E-state index in [2.05, 4.69) is 23.4 Å². The van der Waals surface area contributed by atoms with Crippen molar-refractivity contribution in [2.24, 2.45) is 0 Å². The number of rotatable bonds is 9. The van der Waals surface area contributed by atoms with Crippen molar-refractivity contribution >= 4 is 21.6 Å². The topological polar surface area (TPSA) is 69.2 Å². The molecule has 0 fully saturated rings. The van der Waals surface area contributed by atoms with Gasteiger partial charge in [-0.25, -0.2) is 4.98 Å². The van der Waals surface area contributed by atoms with Crippen molar-refractivity contribution in [3.8, 4) is 0 Å². The molecule has 0 amide bonds. The normalized spacial score (nSPS) is 15.0. The highest BCUT2D eigenvalue weighted by atomic mass is 32.1. The Hall–Kier alpha value is -1.50. The van der Waals surface area contributed by atoms with Crippen molar-refractivity contribution in [1.82, 2.24) is 14.9 Å². The lowest BCUT2D eigenvalue weighted by Crippen LogP contribution is -2.33. The third-order valence-electron chi connectivity index (χ3n) is 4.71. The maximum Gasteiger partial charge on any atom is 0.259 e. The summed E-state index contributed by atoms with van der Waals surface area (Å²) in [7, 11) is 0. The molecular weight excluding hydrogens is 334 g/mol. The van der Waals surface area contributed by atoms with Crippen LogP contribution in [0.3, 0.4) is 0 Å². The van der Waals surface area contributed by atoms with Crippen LogP contribution in [0.2, 0.25) is 0 Å². The molecule has 0 saturated heterocycles. The second-order valence-electron chi connectivity index (χ2n) is 6.81. The Balaban J connectivity index is 1.77. The zero-order valence-electron chi connectivity index (χ0n) is 14.9. The Kier molecular flexibility index (Phi) is 6.04. The summed E-state index contributed by atoms with van der Waals surface area (Å²) >= 11 is 1.67. The number of nitrogens with zero attached hydrogens (tertiary/aromatic N) is 2. The molecule has 0 aliphatic heterocycles. The summed E-state index contributed by atoms with van der Waals surface area (Å²) in [5, 5.41) is 11.0. The Bertz CT molecular complexity index is 796. The van der Waals surface area contributed by atoms with Crippen LogP contribution in [-0.2, 0) is 19.4 Å². The second kappa shape index (κ2) is 8.25. The Morgan fingerprint density at radius 1 is 1.48 bits per heavy atom. The molecule has 3 rings (SSSR count). The molecule has 6 heteroatoms. The molecule has 0 bridgehead atoms. The molecule has 0 radical (unpaired) electrons. The summed E-state index contributed by atoms with van der Waals surface area (Å²) in [4.78, 5) is 24.6. The number of aryl methyl sites for hydroxylation is 2. The lowest BCUT2D eigenvalue weighted by Gasteiger charge is -2.24. The predicted octanol–water partition coefficient (Wildman–Crippen LogP) is 3.01. The Morgan fingerprint density at radius 3 is 3.08 bits per heavy atom. The summed E-state index contributed by atoms with van der Waals surface area (Å²) < 4.78 is 0. The average Bonchev–Trinajstić information content (AvgIpc) is 3.13. The number of H-pyrrole nitrogens is 1. The lowest BCUT2D eigenvalue weighted by atomic mass is 10.2. The lowest BCUT2D eigenvalue weighted by molar-refractivity contribution is 0.101. The van der Waals surface area contributed by atoms with Gasteiger partial charge in [0.25, 0.3) is 5.56 Å². The van der Waals surface area contributed by atoms with Gasteiger partial charge >= 0.3 is 0 Å². The number of aliphatic hydroxyl groups excluding tert-OH is 1. The van der Waals surface area contributed by atoms with Gasteiger partial charge < -0.3 is 10.1 Å². The zero-order chi connectivity index (χ0) is 17.8. The molecule has 25 heavy (non-hydrogen) atoms. The standard InChI is InChI=1S/C19H27N3O2S/c1-3-5-7-13(23)11-22(10-4-2)12-16-20-18(24)17-14-8-6-9-15(14)25-19(17)21-16/h3,13,23H,1,4-12H2,2H3,(H,20,21,24)/t13-/m1/s1. The van der Waals surface area contributed by atoms with Crippen molar-refractivity contribution < 1.29 is 5.11 Å². The summed E-state index contributed by atoms with van der Waals surface area (Å²) in [5.41, 5.74) is 1.20. The first-order valence-corrected chi connectivity index (χ1v) is 9.98. The van der Waals surface area contributed by atoms with E-state index in [0.29, 0.717) is 25.3 Å². The van der Waals surface area contributed by atoms with Crippen LogP contribution >= 0.6 is 11.3 Å². The molecule has 5 nitrogen and oxygen atoms in total. The van der Waals surface area contributed by atoms with Crippen molar-refractivity contribution in [2.45, 2.75) is 58.1 Å². The van der Waals surface area contributed by atoms with E-state index in [1.54, 1.807) is 11.3 Å². The monoisotopic (exact) mass is 361 g/mol. The van der Waals surface area contributed by atoms with Gasteiger partial charge in [0.1, 0.15) is 10.7 Å². The number of hydrogen-bond acceptors (Lipinski definition) is 5. The Labute approximate surface area is 152 Å². The van der Waals surface area contributed by atoms with Gasteiger partial charge in [0, 0.05) is 11.4 Å². The summed E-state index contributed by atoms with van der Waals surface area (Å²) in [5.74, 6) is 0.696. The first-order chi connectivity index (χ1) is 12.1. The van der Waals surface area contributed by atoms with Gasteiger partial charge in [-0.05, 0) is 50.6 Å². The summed E-state index contributed by atoms with van der Waals surface area (Å²) in [6.07, 6.45) is 7.17. The van der Waals surface area contributed by atoms with Crippen LogP contribution in [0.4, 0.5) is 0 Å². The number of thiophene rings is 1. The number of hydrogen-bond donors (Lipinski definition) is 2. The molecule has 0 spiro atoms. The molecule has 0 saturated carbocycles. The molecule has 1 aliphatic carbocycles. The van der Waals surface area contributed by atoms with E-state index in [4.69, 9.17) is 4.98 Å². The number of fused-ring (bicyclic) bond motifs is 3. The van der Waals surface area contributed by atoms with Crippen molar-refractivity contribution in [2.75, 3.05) is 13.1 Å². The van der Waals surface area contributed by atoms with Crippen LogP contribution in [0.15, 0.2) is 17.4 Å². The third kappa shape index (κ3) is 4.19. The van der Waals surface area contributed by atoms with E-state index >= 15 is 0 Å². The fourth-order valence-corrected chi connectivity index (χ4v) is 4.87. The molecule has 136 valence electrons. The van der Waals surface area contributed by atoms with E-state index in [0.717, 1.165) is 48.9 Å². The number of aromatic nitrogens is 2. The van der Waals surface area contributed by atoms with Gasteiger partial charge in [-0.1, -0.05) is 13.0 Å². The van der Waals surface area contributed by atoms with Crippen LogP contribution < -0.4 is 5.56 Å². The van der Waals surface area contributed by atoms with Gasteiger partial charge in [-0.2, -0.15) is 0 Å². The highest BCUT2D eigenvalue weighted by Crippen LogP contribution is 2.34. The maximum absolute atomic E-state index is 12.6. The van der Waals surface area contributed by atoms with Gasteiger partial charge in [0.15, 0.2) is 0 Å². The van der Waals surface area contributed by atoms with Crippen LogP contribution in [0.1, 0.15) is 48.9 Å². The molecule has 0 aromatic carbocycles. The molecule has 1 aliphatic rings. The number of nitrogens with one attached hydrogen (secondary N) is 1. The largest absolute Gasteiger partial charge is 0.392 e. The second-order valence-corrected chi connectivity index (χ2v) is 7.89. The molecule has 1 atom stereocenters. The predicted molar refractivity (Wildman–Crippen MR) is 103 cm³/mol. The molecule has 2 N–H and O–H groups in total. The van der Waals surface area contributed by atoms with Crippen molar-refractivity contribution in [1.29, 1.82) is 0 Å². The highest BCUT2D eigenvalue weighted by Gasteiger charge is 2.21. The van der Waals surface area contributed by atoms with E-state index in [9.17, 15) is 9.90 Å². The fraction of sp³-hybridized carbons (Fsp3) is 0.579. The van der Waals surface area contributed by atoms with Crippen molar-refractivity contribution in [3.05, 3.63) is 39.3 Å². The summed E-state index contributed by atoms with van der Waals surface area (Å²) in [6, 6.07) is 0. The van der Waals surface area contributed by atoms with E-state index in [1.807, 2.05) is 6.08 Å². The van der Waals surface area contributed by atoms with Gasteiger partial charge in [0.2, 0.25) is 0 Å². The van der Waals surface area contributed by atoms with Gasteiger partial charge in [0.05, 0.1) is 18.0 Å². The minimum atomic E-state index is -0.384. The molecule has 2 aromatic rings. The van der Waals surface area contributed by atoms with E-state index in [-0.39, 0.29) is 11.7 Å². The zero-order valence-corrected chi connectivity index (χ0v) is 15.7. The molecule has 2 aromatic heterocycles. The van der Waals surface area contributed by atoms with E-state index in [1.165, 1.54) is 10.4 Å². The number of allylic oxidation sites excluding steroid dienone is 1.